The molecular weight excluding hydrogens is 264 g/mol. The lowest BCUT2D eigenvalue weighted by atomic mass is 9.88. The van der Waals surface area contributed by atoms with E-state index in [9.17, 15) is 9.59 Å². The van der Waals surface area contributed by atoms with E-state index in [4.69, 9.17) is 0 Å². The summed E-state index contributed by atoms with van der Waals surface area (Å²) in [5.74, 6) is 0.734. The molecule has 0 bridgehead atoms. The molecule has 0 aromatic carbocycles. The molecule has 2 N–H and O–H groups in total. The fourth-order valence-corrected chi connectivity index (χ4v) is 3.54. The maximum absolute atomic E-state index is 12.1. The predicted molar refractivity (Wildman–Crippen MR) is 83.8 cm³/mol. The Bertz CT molecular complexity index is 345. The van der Waals surface area contributed by atoms with Crippen molar-refractivity contribution in [2.24, 2.45) is 11.8 Å². The lowest BCUT2D eigenvalue weighted by Gasteiger charge is -2.24. The Kier molecular flexibility index (Phi) is 6.52. The van der Waals surface area contributed by atoms with E-state index >= 15 is 0 Å². The van der Waals surface area contributed by atoms with E-state index in [1.807, 2.05) is 6.92 Å². The molecule has 1 atom stereocenters. The Hall–Kier alpha value is -1.06. The Balaban J connectivity index is 1.65. The maximum atomic E-state index is 12.1. The normalized spacial score (nSPS) is 22.5. The van der Waals surface area contributed by atoms with Crippen molar-refractivity contribution in [3.8, 4) is 0 Å². The minimum atomic E-state index is 0.0203. The van der Waals surface area contributed by atoms with Crippen LogP contribution in [0.5, 0.6) is 0 Å². The fraction of sp³-hybridized carbons (Fsp3) is 0.882. The van der Waals surface area contributed by atoms with E-state index in [0.29, 0.717) is 6.54 Å². The molecule has 0 radical (unpaired) electrons. The van der Waals surface area contributed by atoms with Gasteiger partial charge < -0.3 is 10.6 Å². The van der Waals surface area contributed by atoms with Gasteiger partial charge in [-0.2, -0.15) is 0 Å². The van der Waals surface area contributed by atoms with E-state index < -0.39 is 0 Å². The van der Waals surface area contributed by atoms with E-state index in [2.05, 4.69) is 10.6 Å². The Labute approximate surface area is 128 Å². The van der Waals surface area contributed by atoms with Crippen molar-refractivity contribution in [1.82, 2.24) is 10.6 Å². The molecule has 21 heavy (non-hydrogen) atoms. The standard InChI is InChI=1S/C17H30N2O2/c1-13(19-17(21)15-10-6-3-7-11-15)12-18-16(20)14-8-4-2-5-9-14/h13-15H,2-12H2,1H3,(H,18,20)(H,19,21)/t13-/m0/s1. The smallest absolute Gasteiger partial charge is 0.223 e. The van der Waals surface area contributed by atoms with Crippen molar-refractivity contribution in [1.29, 1.82) is 0 Å². The molecule has 0 unspecified atom stereocenters. The van der Waals surface area contributed by atoms with Crippen LogP contribution in [0.3, 0.4) is 0 Å². The van der Waals surface area contributed by atoms with E-state index in [1.165, 1.54) is 38.5 Å². The summed E-state index contributed by atoms with van der Waals surface area (Å²) < 4.78 is 0. The third-order valence-corrected chi connectivity index (χ3v) is 4.92. The lowest BCUT2D eigenvalue weighted by molar-refractivity contribution is -0.128. The van der Waals surface area contributed by atoms with Gasteiger partial charge in [0.05, 0.1) is 0 Å². The molecule has 4 nitrogen and oxygen atoms in total. The van der Waals surface area contributed by atoms with Crippen molar-refractivity contribution in [2.45, 2.75) is 77.2 Å². The molecule has 0 aromatic rings. The molecule has 0 aliphatic heterocycles. The maximum Gasteiger partial charge on any atom is 0.223 e. The summed E-state index contributed by atoms with van der Waals surface area (Å²) in [7, 11) is 0. The third-order valence-electron chi connectivity index (χ3n) is 4.92. The predicted octanol–water partition coefficient (Wildman–Crippen LogP) is 2.77. The van der Waals surface area contributed by atoms with Gasteiger partial charge in [-0.15, -0.1) is 0 Å². The van der Waals surface area contributed by atoms with Crippen LogP contribution >= 0.6 is 0 Å². The molecule has 0 spiro atoms. The second kappa shape index (κ2) is 8.40. The zero-order valence-corrected chi connectivity index (χ0v) is 13.3. The zero-order valence-electron chi connectivity index (χ0n) is 13.3. The molecule has 2 aliphatic rings. The molecule has 2 saturated carbocycles. The first-order valence-electron chi connectivity index (χ1n) is 8.75. The Morgan fingerprint density at radius 2 is 1.33 bits per heavy atom. The average Bonchev–Trinajstić information content (AvgIpc) is 2.54. The molecule has 2 aliphatic carbocycles. The van der Waals surface area contributed by atoms with Crippen LogP contribution in [0.25, 0.3) is 0 Å². The third kappa shape index (κ3) is 5.33. The quantitative estimate of drug-likeness (QED) is 0.819. The van der Waals surface area contributed by atoms with Crippen molar-refractivity contribution in [2.75, 3.05) is 6.54 Å². The van der Waals surface area contributed by atoms with Gasteiger partial charge in [0.15, 0.2) is 0 Å². The van der Waals surface area contributed by atoms with Crippen molar-refractivity contribution in [3.05, 3.63) is 0 Å². The van der Waals surface area contributed by atoms with Crippen molar-refractivity contribution < 1.29 is 9.59 Å². The summed E-state index contributed by atoms with van der Waals surface area (Å²) >= 11 is 0. The molecule has 4 heteroatoms. The number of rotatable bonds is 5. The van der Waals surface area contributed by atoms with Gasteiger partial charge in [0.1, 0.15) is 0 Å². The SMILES string of the molecule is C[C@@H](CNC(=O)C1CCCCC1)NC(=O)C1CCCCC1. The van der Waals surface area contributed by atoms with Crippen LogP contribution in [0.2, 0.25) is 0 Å². The molecule has 2 rings (SSSR count). The average molecular weight is 294 g/mol. The first-order valence-corrected chi connectivity index (χ1v) is 8.75. The molecule has 120 valence electrons. The summed E-state index contributed by atoms with van der Waals surface area (Å²) in [6.07, 6.45) is 11.3. The van der Waals surface area contributed by atoms with Crippen molar-refractivity contribution in [3.63, 3.8) is 0 Å². The highest BCUT2D eigenvalue weighted by Crippen LogP contribution is 2.24. The van der Waals surface area contributed by atoms with Gasteiger partial charge in [-0.1, -0.05) is 38.5 Å². The second-order valence-corrected chi connectivity index (χ2v) is 6.82. The number of hydrogen-bond donors (Lipinski definition) is 2. The van der Waals surface area contributed by atoms with E-state index in [0.717, 1.165) is 25.7 Å². The van der Waals surface area contributed by atoms with Crippen LogP contribution < -0.4 is 10.6 Å². The van der Waals surface area contributed by atoms with Gasteiger partial charge in [-0.05, 0) is 32.6 Å². The molecule has 0 aromatic heterocycles. The van der Waals surface area contributed by atoms with Gasteiger partial charge in [0.25, 0.3) is 0 Å². The first kappa shape index (κ1) is 16.3. The fourth-order valence-electron chi connectivity index (χ4n) is 3.54. The number of hydrogen-bond acceptors (Lipinski definition) is 2. The number of carbonyl (C=O) groups excluding carboxylic acids is 2. The summed E-state index contributed by atoms with van der Waals surface area (Å²) in [6, 6.07) is 0.0203. The van der Waals surface area contributed by atoms with Crippen molar-refractivity contribution >= 4 is 11.8 Å². The first-order chi connectivity index (χ1) is 10.2. The minimum absolute atomic E-state index is 0.0203. The topological polar surface area (TPSA) is 58.2 Å². The zero-order chi connectivity index (χ0) is 15.1. The summed E-state index contributed by atoms with van der Waals surface area (Å²) in [5, 5.41) is 6.06. The monoisotopic (exact) mass is 294 g/mol. The molecule has 2 fully saturated rings. The highest BCUT2D eigenvalue weighted by atomic mass is 16.2. The minimum Gasteiger partial charge on any atom is -0.354 e. The number of amides is 2. The highest BCUT2D eigenvalue weighted by molar-refractivity contribution is 5.80. The number of nitrogens with one attached hydrogen (secondary N) is 2. The molecule has 0 heterocycles. The summed E-state index contributed by atoms with van der Waals surface area (Å²) in [4.78, 5) is 24.2. The van der Waals surface area contributed by atoms with Gasteiger partial charge in [0.2, 0.25) is 11.8 Å². The molecule has 2 amide bonds. The van der Waals surface area contributed by atoms with Crippen LogP contribution in [0.4, 0.5) is 0 Å². The van der Waals surface area contributed by atoms with Crippen LogP contribution in [0, 0.1) is 11.8 Å². The van der Waals surface area contributed by atoms with Gasteiger partial charge in [0, 0.05) is 24.4 Å². The lowest BCUT2D eigenvalue weighted by Crippen LogP contribution is -2.45. The second-order valence-electron chi connectivity index (χ2n) is 6.82. The molecule has 0 saturated heterocycles. The van der Waals surface area contributed by atoms with Crippen LogP contribution in [0.1, 0.15) is 71.1 Å². The Morgan fingerprint density at radius 3 is 1.86 bits per heavy atom. The van der Waals surface area contributed by atoms with E-state index in [1.54, 1.807) is 0 Å². The largest absolute Gasteiger partial charge is 0.354 e. The highest BCUT2D eigenvalue weighted by Gasteiger charge is 2.23. The molecular formula is C17H30N2O2. The van der Waals surface area contributed by atoms with Gasteiger partial charge >= 0.3 is 0 Å². The van der Waals surface area contributed by atoms with Gasteiger partial charge in [-0.3, -0.25) is 9.59 Å². The van der Waals surface area contributed by atoms with Crippen LogP contribution in [0.15, 0.2) is 0 Å². The summed E-state index contributed by atoms with van der Waals surface area (Å²) in [5.41, 5.74) is 0. The number of carbonyl (C=O) groups is 2. The van der Waals surface area contributed by atoms with E-state index in [-0.39, 0.29) is 29.7 Å². The summed E-state index contributed by atoms with van der Waals surface area (Å²) in [6.45, 7) is 2.52. The van der Waals surface area contributed by atoms with Gasteiger partial charge in [-0.25, -0.2) is 0 Å². The van der Waals surface area contributed by atoms with Crippen LogP contribution in [-0.2, 0) is 9.59 Å². The van der Waals surface area contributed by atoms with Crippen LogP contribution in [-0.4, -0.2) is 24.4 Å². The Morgan fingerprint density at radius 1 is 0.857 bits per heavy atom.